The van der Waals surface area contributed by atoms with Gasteiger partial charge in [-0.1, -0.05) is 53.1 Å². The standard InChI is InChI=1S/C38H69F3N2O11Si2/c1-29(2)31(44)50-20-17-42-33(46)52-24-22-48-19-14-27-55(10,11)36(7,8)37(9,15-16-38(39,40)41)35(5,6)54-56(12,13)28-26-49-23-25-53-34(47)43-18-21-51-32(45)30(3)4/h1,3,14-28H2,2,4-13H3,(H,42,46)(H,43,47). The third-order valence-corrected chi connectivity index (χ3v) is 18.6. The van der Waals surface area contributed by atoms with Gasteiger partial charge in [-0.05, 0) is 70.1 Å². The van der Waals surface area contributed by atoms with Crippen molar-refractivity contribution in [2.24, 2.45) is 5.41 Å². The first-order valence-corrected chi connectivity index (χ1v) is 25.3. The first-order chi connectivity index (χ1) is 25.6. The molecule has 0 aliphatic heterocycles. The molecule has 2 N–H and O–H groups in total. The molecule has 0 aromatic rings. The molecule has 13 nitrogen and oxygen atoms in total. The highest BCUT2D eigenvalue weighted by molar-refractivity contribution is 6.80. The normalized spacial score (nSPS) is 13.6. The van der Waals surface area contributed by atoms with E-state index >= 15 is 0 Å². The molecule has 0 heterocycles. The summed E-state index contributed by atoms with van der Waals surface area (Å²) in [6.45, 7) is 29.6. The minimum atomic E-state index is -4.33. The highest BCUT2D eigenvalue weighted by atomic mass is 28.4. The Hall–Kier alpha value is -2.94. The van der Waals surface area contributed by atoms with Crippen molar-refractivity contribution >= 4 is 40.5 Å². The van der Waals surface area contributed by atoms with E-state index in [4.69, 9.17) is 32.8 Å². The van der Waals surface area contributed by atoms with E-state index in [-0.39, 0.29) is 70.3 Å². The van der Waals surface area contributed by atoms with Crippen LogP contribution in [0.5, 0.6) is 0 Å². The van der Waals surface area contributed by atoms with Crippen LogP contribution in [-0.4, -0.2) is 118 Å². The highest BCUT2D eigenvalue weighted by Crippen LogP contribution is 2.63. The van der Waals surface area contributed by atoms with Gasteiger partial charge in [-0.2, -0.15) is 13.2 Å². The number of amides is 2. The first kappa shape index (κ1) is 53.1. The molecule has 0 spiro atoms. The Bertz CT molecular complexity index is 1290. The van der Waals surface area contributed by atoms with Crippen molar-refractivity contribution < 1.29 is 65.2 Å². The second kappa shape index (κ2) is 24.1. The minimum absolute atomic E-state index is 0.00286. The molecule has 1 atom stereocenters. The fourth-order valence-electron chi connectivity index (χ4n) is 6.14. The van der Waals surface area contributed by atoms with Gasteiger partial charge in [-0.25, -0.2) is 19.2 Å². The Balaban J connectivity index is 5.13. The summed E-state index contributed by atoms with van der Waals surface area (Å²) in [6.07, 6.45) is -6.02. The predicted octanol–water partition coefficient (Wildman–Crippen LogP) is 7.94. The van der Waals surface area contributed by atoms with Gasteiger partial charge in [-0.15, -0.1) is 0 Å². The number of alkyl carbamates (subject to hydrolysis) is 2. The molecule has 0 bridgehead atoms. The molecule has 0 aromatic heterocycles. The average Bonchev–Trinajstić information content (AvgIpc) is 3.07. The lowest BCUT2D eigenvalue weighted by Crippen LogP contribution is -2.60. The van der Waals surface area contributed by atoms with E-state index in [9.17, 15) is 32.3 Å². The fraction of sp³-hybridized carbons (Fsp3) is 0.789. The third-order valence-electron chi connectivity index (χ3n) is 10.6. The number of alkyl halides is 3. The molecule has 18 heteroatoms. The predicted molar refractivity (Wildman–Crippen MR) is 214 cm³/mol. The van der Waals surface area contributed by atoms with Gasteiger partial charge in [0.1, 0.15) is 26.4 Å². The van der Waals surface area contributed by atoms with Crippen LogP contribution >= 0.6 is 0 Å². The van der Waals surface area contributed by atoms with E-state index in [0.717, 1.165) is 6.04 Å². The van der Waals surface area contributed by atoms with Crippen LogP contribution in [0.4, 0.5) is 22.8 Å². The highest BCUT2D eigenvalue weighted by Gasteiger charge is 2.59. The topological polar surface area (TPSA) is 157 Å². The number of ether oxygens (including phenoxy) is 6. The number of hydrogen-bond donors (Lipinski definition) is 2. The molecule has 0 saturated heterocycles. The Kier molecular flexibility index (Phi) is 22.8. The van der Waals surface area contributed by atoms with Crippen LogP contribution in [-0.2, 0) is 42.4 Å². The van der Waals surface area contributed by atoms with Crippen molar-refractivity contribution in [3.63, 3.8) is 0 Å². The summed E-state index contributed by atoms with van der Waals surface area (Å²) < 4.78 is 79.7. The van der Waals surface area contributed by atoms with Gasteiger partial charge in [-0.3, -0.25) is 0 Å². The Morgan fingerprint density at radius 2 is 1.05 bits per heavy atom. The van der Waals surface area contributed by atoms with Crippen molar-refractivity contribution in [2.45, 2.75) is 123 Å². The molecule has 0 rings (SSSR count). The van der Waals surface area contributed by atoms with E-state index in [1.807, 2.05) is 33.9 Å². The first-order valence-electron chi connectivity index (χ1n) is 19.0. The van der Waals surface area contributed by atoms with Crippen LogP contribution in [0.3, 0.4) is 0 Å². The summed E-state index contributed by atoms with van der Waals surface area (Å²) in [6, 6.07) is 1.36. The molecule has 1 unspecified atom stereocenters. The SMILES string of the molecule is C=C(C)C(=O)OCCNC(=O)OCCOCCC[Si](C)(C)C(C)(C)C(C)(CCC(F)(F)F)C(C)(C)O[Si](C)(C)CCOCCOC(=O)NCCOC(=O)C(=C)C. The molecule has 56 heavy (non-hydrogen) atoms. The number of halogens is 3. The maximum Gasteiger partial charge on any atom is 0.407 e. The Labute approximate surface area is 334 Å². The van der Waals surface area contributed by atoms with Gasteiger partial charge in [0.2, 0.25) is 0 Å². The average molecular weight is 843 g/mol. The molecule has 0 aromatic carbocycles. The second-order valence-electron chi connectivity index (χ2n) is 16.4. The molecule has 0 aliphatic rings. The van der Waals surface area contributed by atoms with Gasteiger partial charge in [0.15, 0.2) is 8.32 Å². The van der Waals surface area contributed by atoms with Crippen molar-refractivity contribution in [3.8, 4) is 0 Å². The lowest BCUT2D eigenvalue weighted by molar-refractivity contribution is -0.153. The summed E-state index contributed by atoms with van der Waals surface area (Å²) in [5.74, 6) is -1.09. The fourth-order valence-corrected chi connectivity index (χ4v) is 12.1. The van der Waals surface area contributed by atoms with Gasteiger partial charge < -0.3 is 43.5 Å². The molecule has 0 aliphatic carbocycles. The zero-order valence-electron chi connectivity index (χ0n) is 35.6. The van der Waals surface area contributed by atoms with E-state index in [2.05, 4.69) is 50.7 Å². The van der Waals surface area contributed by atoms with Crippen molar-refractivity contribution in [1.82, 2.24) is 10.6 Å². The van der Waals surface area contributed by atoms with Crippen molar-refractivity contribution in [3.05, 3.63) is 24.3 Å². The van der Waals surface area contributed by atoms with Crippen LogP contribution in [0, 0.1) is 5.41 Å². The number of carbonyl (C=O) groups is 4. The van der Waals surface area contributed by atoms with Crippen LogP contribution < -0.4 is 10.6 Å². The zero-order valence-corrected chi connectivity index (χ0v) is 37.6. The molecule has 0 fully saturated rings. The summed E-state index contributed by atoms with van der Waals surface area (Å²) in [7, 11) is -4.78. The van der Waals surface area contributed by atoms with Gasteiger partial charge in [0.05, 0.1) is 40.0 Å². The number of esters is 2. The summed E-state index contributed by atoms with van der Waals surface area (Å²) in [5, 5.41) is 4.43. The lowest BCUT2D eigenvalue weighted by atomic mass is 9.64. The van der Waals surface area contributed by atoms with Gasteiger partial charge >= 0.3 is 30.3 Å². The summed E-state index contributed by atoms with van der Waals surface area (Å²) >= 11 is 0. The number of nitrogens with one attached hydrogen (secondary N) is 2. The van der Waals surface area contributed by atoms with Crippen LogP contribution in [0.25, 0.3) is 0 Å². The minimum Gasteiger partial charge on any atom is -0.460 e. The smallest absolute Gasteiger partial charge is 0.407 e. The monoisotopic (exact) mass is 842 g/mol. The van der Waals surface area contributed by atoms with Crippen LogP contribution in [0.1, 0.15) is 67.7 Å². The Morgan fingerprint density at radius 3 is 1.48 bits per heavy atom. The van der Waals surface area contributed by atoms with E-state index in [1.165, 1.54) is 13.8 Å². The Morgan fingerprint density at radius 1 is 0.607 bits per heavy atom. The van der Waals surface area contributed by atoms with Gasteiger partial charge in [0, 0.05) is 30.8 Å². The zero-order chi connectivity index (χ0) is 43.4. The number of rotatable bonds is 28. The maximum atomic E-state index is 13.8. The molecular formula is C38H69F3N2O11Si2. The van der Waals surface area contributed by atoms with Crippen LogP contribution in [0.2, 0.25) is 43.3 Å². The summed E-state index contributed by atoms with van der Waals surface area (Å²) in [4.78, 5) is 46.5. The maximum absolute atomic E-state index is 13.8. The van der Waals surface area contributed by atoms with Crippen molar-refractivity contribution in [1.29, 1.82) is 0 Å². The second-order valence-corrected chi connectivity index (χ2v) is 26.1. The van der Waals surface area contributed by atoms with Crippen LogP contribution in [0.15, 0.2) is 24.3 Å². The molecule has 326 valence electrons. The van der Waals surface area contributed by atoms with E-state index < -0.39 is 69.2 Å². The molecule has 0 saturated carbocycles. The quantitative estimate of drug-likeness (QED) is 0.0259. The molecular weight excluding hydrogens is 774 g/mol. The molecule has 0 radical (unpaired) electrons. The lowest BCUT2D eigenvalue weighted by Gasteiger charge is -2.61. The number of carbonyl (C=O) groups excluding carboxylic acids is 4. The van der Waals surface area contributed by atoms with E-state index in [0.29, 0.717) is 25.7 Å². The summed E-state index contributed by atoms with van der Waals surface area (Å²) in [5.41, 5.74) is -1.28. The molecule has 2 amide bonds. The third kappa shape index (κ3) is 20.0. The number of hydrogen-bond acceptors (Lipinski definition) is 11. The van der Waals surface area contributed by atoms with Crippen molar-refractivity contribution in [2.75, 3.05) is 65.9 Å². The van der Waals surface area contributed by atoms with E-state index in [1.54, 1.807) is 0 Å². The largest absolute Gasteiger partial charge is 0.460 e. The van der Waals surface area contributed by atoms with Gasteiger partial charge in [0.25, 0.3) is 0 Å².